The molecular formula is C14H30O5. The van der Waals surface area contributed by atoms with Crippen molar-refractivity contribution in [2.24, 2.45) is 5.92 Å². The lowest BCUT2D eigenvalue weighted by Crippen LogP contribution is -2.13. The van der Waals surface area contributed by atoms with Crippen LogP contribution in [0.2, 0.25) is 0 Å². The van der Waals surface area contributed by atoms with Gasteiger partial charge < -0.3 is 24.1 Å². The van der Waals surface area contributed by atoms with Gasteiger partial charge >= 0.3 is 0 Å². The van der Waals surface area contributed by atoms with E-state index in [9.17, 15) is 0 Å². The molecule has 19 heavy (non-hydrogen) atoms. The molecule has 1 unspecified atom stereocenters. The molecule has 0 aliphatic heterocycles. The molecule has 1 N–H and O–H groups in total. The highest BCUT2D eigenvalue weighted by Gasteiger charge is 1.98. The lowest BCUT2D eigenvalue weighted by Gasteiger charge is -2.09. The predicted molar refractivity (Wildman–Crippen MR) is 74.4 cm³/mol. The van der Waals surface area contributed by atoms with Crippen LogP contribution >= 0.6 is 0 Å². The van der Waals surface area contributed by atoms with Gasteiger partial charge in [-0.25, -0.2) is 0 Å². The van der Waals surface area contributed by atoms with Crippen LogP contribution in [0.1, 0.15) is 26.7 Å². The zero-order valence-electron chi connectivity index (χ0n) is 12.4. The molecule has 1 atom stereocenters. The van der Waals surface area contributed by atoms with E-state index in [1.165, 1.54) is 6.42 Å². The van der Waals surface area contributed by atoms with Gasteiger partial charge in [0.1, 0.15) is 0 Å². The predicted octanol–water partition coefficient (Wildman–Crippen LogP) is 1.48. The number of hydrogen-bond acceptors (Lipinski definition) is 5. The summed E-state index contributed by atoms with van der Waals surface area (Å²) in [4.78, 5) is 0. The van der Waals surface area contributed by atoms with Crippen molar-refractivity contribution in [3.8, 4) is 0 Å². The van der Waals surface area contributed by atoms with Crippen LogP contribution in [0.4, 0.5) is 0 Å². The first-order valence-corrected chi connectivity index (χ1v) is 7.23. The average Bonchev–Trinajstić information content (AvgIpc) is 2.43. The van der Waals surface area contributed by atoms with Crippen LogP contribution in [0, 0.1) is 5.92 Å². The van der Waals surface area contributed by atoms with Crippen molar-refractivity contribution in [2.75, 3.05) is 59.5 Å². The zero-order valence-corrected chi connectivity index (χ0v) is 12.4. The van der Waals surface area contributed by atoms with Crippen molar-refractivity contribution in [1.29, 1.82) is 0 Å². The van der Waals surface area contributed by atoms with E-state index in [4.69, 9.17) is 24.1 Å². The van der Waals surface area contributed by atoms with Crippen molar-refractivity contribution in [3.05, 3.63) is 0 Å². The maximum absolute atomic E-state index is 8.47. The Labute approximate surface area is 117 Å². The average molecular weight is 278 g/mol. The fraction of sp³-hybridized carbons (Fsp3) is 1.00. The Hall–Kier alpha value is -0.200. The molecule has 0 aliphatic carbocycles. The Morgan fingerprint density at radius 1 is 0.737 bits per heavy atom. The minimum Gasteiger partial charge on any atom is -0.394 e. The van der Waals surface area contributed by atoms with E-state index in [1.54, 1.807) is 0 Å². The van der Waals surface area contributed by atoms with Crippen molar-refractivity contribution in [1.82, 2.24) is 0 Å². The maximum atomic E-state index is 8.47. The summed E-state index contributed by atoms with van der Waals surface area (Å²) in [6, 6.07) is 0. The van der Waals surface area contributed by atoms with E-state index in [0.29, 0.717) is 46.2 Å². The summed E-state index contributed by atoms with van der Waals surface area (Å²) in [6.45, 7) is 9.13. The summed E-state index contributed by atoms with van der Waals surface area (Å²) >= 11 is 0. The molecule has 0 saturated heterocycles. The second kappa shape index (κ2) is 15.9. The second-order valence-electron chi connectivity index (χ2n) is 4.48. The molecule has 0 aromatic rings. The highest BCUT2D eigenvalue weighted by atomic mass is 16.6. The standard InChI is InChI=1S/C14H30O5/c1-3-14(2)4-6-16-8-10-18-12-13-19-11-9-17-7-5-15/h14-15H,3-13H2,1-2H3. The summed E-state index contributed by atoms with van der Waals surface area (Å²) in [5.74, 6) is 0.738. The van der Waals surface area contributed by atoms with Crippen molar-refractivity contribution in [3.63, 3.8) is 0 Å². The summed E-state index contributed by atoms with van der Waals surface area (Å²) in [5.41, 5.74) is 0. The monoisotopic (exact) mass is 278 g/mol. The minimum atomic E-state index is 0.0557. The SMILES string of the molecule is CCC(C)CCOCCOCCOCCOCCO. The van der Waals surface area contributed by atoms with Crippen LogP contribution in [0.3, 0.4) is 0 Å². The van der Waals surface area contributed by atoms with Crippen molar-refractivity contribution >= 4 is 0 Å². The molecule has 0 bridgehead atoms. The first kappa shape index (κ1) is 18.8. The van der Waals surface area contributed by atoms with Gasteiger partial charge in [-0.15, -0.1) is 0 Å². The number of rotatable bonds is 15. The van der Waals surface area contributed by atoms with Gasteiger partial charge in [0.2, 0.25) is 0 Å². The summed E-state index contributed by atoms with van der Waals surface area (Å²) in [7, 11) is 0. The van der Waals surface area contributed by atoms with Crippen LogP contribution in [0.25, 0.3) is 0 Å². The number of aliphatic hydroxyl groups is 1. The van der Waals surface area contributed by atoms with Gasteiger partial charge in [-0.1, -0.05) is 20.3 Å². The summed E-state index contributed by atoms with van der Waals surface area (Å²) in [5, 5.41) is 8.47. The van der Waals surface area contributed by atoms with Gasteiger partial charge in [0, 0.05) is 6.61 Å². The lowest BCUT2D eigenvalue weighted by molar-refractivity contribution is -0.00639. The third-order valence-electron chi connectivity index (χ3n) is 2.80. The first-order chi connectivity index (χ1) is 9.31. The van der Waals surface area contributed by atoms with Gasteiger partial charge in [0.15, 0.2) is 0 Å². The molecular weight excluding hydrogens is 248 g/mol. The molecule has 0 spiro atoms. The third kappa shape index (κ3) is 15.7. The summed E-state index contributed by atoms with van der Waals surface area (Å²) < 4.78 is 21.2. The molecule has 5 nitrogen and oxygen atoms in total. The highest BCUT2D eigenvalue weighted by Crippen LogP contribution is 2.05. The van der Waals surface area contributed by atoms with Gasteiger partial charge in [-0.2, -0.15) is 0 Å². The Balaban J connectivity index is 2.95. The molecule has 0 aliphatic rings. The van der Waals surface area contributed by atoms with Crippen LogP contribution < -0.4 is 0 Å². The van der Waals surface area contributed by atoms with Crippen molar-refractivity contribution in [2.45, 2.75) is 26.7 Å². The number of ether oxygens (including phenoxy) is 4. The summed E-state index contributed by atoms with van der Waals surface area (Å²) in [6.07, 6.45) is 2.33. The minimum absolute atomic E-state index is 0.0557. The third-order valence-corrected chi connectivity index (χ3v) is 2.80. The van der Waals surface area contributed by atoms with E-state index >= 15 is 0 Å². The van der Waals surface area contributed by atoms with E-state index < -0.39 is 0 Å². The van der Waals surface area contributed by atoms with Gasteiger partial charge in [-0.3, -0.25) is 0 Å². The Kier molecular flexibility index (Phi) is 15.7. The normalized spacial score (nSPS) is 12.8. The van der Waals surface area contributed by atoms with E-state index in [2.05, 4.69) is 13.8 Å². The van der Waals surface area contributed by atoms with E-state index in [-0.39, 0.29) is 6.61 Å². The maximum Gasteiger partial charge on any atom is 0.0701 e. The Morgan fingerprint density at radius 2 is 1.16 bits per heavy atom. The smallest absolute Gasteiger partial charge is 0.0701 e. The Morgan fingerprint density at radius 3 is 1.58 bits per heavy atom. The zero-order chi connectivity index (χ0) is 14.2. The fourth-order valence-corrected chi connectivity index (χ4v) is 1.31. The molecule has 0 aromatic heterocycles. The topological polar surface area (TPSA) is 57.2 Å². The van der Waals surface area contributed by atoms with E-state index in [1.807, 2.05) is 0 Å². The van der Waals surface area contributed by atoms with Crippen LogP contribution in [0.15, 0.2) is 0 Å². The van der Waals surface area contributed by atoms with E-state index in [0.717, 1.165) is 18.9 Å². The molecule has 0 saturated carbocycles. The van der Waals surface area contributed by atoms with Crippen LogP contribution in [-0.2, 0) is 18.9 Å². The second-order valence-corrected chi connectivity index (χ2v) is 4.48. The Bertz CT molecular complexity index is 166. The number of hydrogen-bond donors (Lipinski definition) is 1. The molecule has 0 rings (SSSR count). The molecule has 0 fully saturated rings. The molecule has 116 valence electrons. The fourth-order valence-electron chi connectivity index (χ4n) is 1.31. The molecule has 0 amide bonds. The van der Waals surface area contributed by atoms with Crippen LogP contribution in [-0.4, -0.2) is 64.6 Å². The molecule has 0 heterocycles. The van der Waals surface area contributed by atoms with Crippen LogP contribution in [0.5, 0.6) is 0 Å². The number of aliphatic hydroxyl groups excluding tert-OH is 1. The molecule has 5 heteroatoms. The van der Waals surface area contributed by atoms with Gasteiger partial charge in [0.25, 0.3) is 0 Å². The van der Waals surface area contributed by atoms with Crippen molar-refractivity contribution < 1.29 is 24.1 Å². The molecule has 0 radical (unpaired) electrons. The highest BCUT2D eigenvalue weighted by molar-refractivity contribution is 4.48. The first-order valence-electron chi connectivity index (χ1n) is 7.23. The quantitative estimate of drug-likeness (QED) is 0.460. The molecule has 0 aromatic carbocycles. The van der Waals surface area contributed by atoms with Gasteiger partial charge in [0.05, 0.1) is 52.9 Å². The van der Waals surface area contributed by atoms with Gasteiger partial charge in [-0.05, 0) is 12.3 Å². The largest absolute Gasteiger partial charge is 0.394 e. The lowest BCUT2D eigenvalue weighted by atomic mass is 10.1.